The number of hydrogen-bond acceptors (Lipinski definition) is 4. The summed E-state index contributed by atoms with van der Waals surface area (Å²) in [5, 5.41) is 0. The molecule has 1 saturated carbocycles. The van der Waals surface area contributed by atoms with E-state index >= 15 is 0 Å². The van der Waals surface area contributed by atoms with Crippen molar-refractivity contribution in [3.63, 3.8) is 0 Å². The first-order valence-corrected chi connectivity index (χ1v) is 5.68. The first-order chi connectivity index (χ1) is 7.75. The van der Waals surface area contributed by atoms with Crippen LogP contribution in [-0.2, 0) is 4.74 Å². The fourth-order valence-electron chi connectivity index (χ4n) is 1.93. The molecule has 1 aliphatic carbocycles. The molecule has 1 aromatic rings. The Labute approximate surface area is 94.8 Å². The Morgan fingerprint density at radius 2 is 2.06 bits per heavy atom. The highest BCUT2D eigenvalue weighted by atomic mass is 16.5. The fourth-order valence-corrected chi connectivity index (χ4v) is 1.93. The molecule has 2 N–H and O–H groups in total. The summed E-state index contributed by atoms with van der Waals surface area (Å²) >= 11 is 0. The summed E-state index contributed by atoms with van der Waals surface area (Å²) in [5.74, 6) is 0.119. The molecule has 1 fully saturated rings. The fraction of sp³-hybridized carbons (Fsp3) is 0.500. The van der Waals surface area contributed by atoms with Gasteiger partial charge in [-0.05, 0) is 37.8 Å². The number of anilines is 1. The quantitative estimate of drug-likeness (QED) is 0.775. The van der Waals surface area contributed by atoms with Gasteiger partial charge < -0.3 is 10.5 Å². The zero-order chi connectivity index (χ0) is 11.4. The molecular weight excluding hydrogens is 204 g/mol. The third kappa shape index (κ3) is 2.72. The Morgan fingerprint density at radius 1 is 1.31 bits per heavy atom. The Morgan fingerprint density at radius 3 is 2.69 bits per heavy atom. The number of nitrogens with zero attached hydrogens (tertiary/aromatic N) is 1. The molecule has 16 heavy (non-hydrogen) atoms. The van der Waals surface area contributed by atoms with Gasteiger partial charge in [-0.25, -0.2) is 9.78 Å². The molecule has 4 nitrogen and oxygen atoms in total. The van der Waals surface area contributed by atoms with Gasteiger partial charge in [0.15, 0.2) is 0 Å². The molecule has 1 aromatic heterocycles. The van der Waals surface area contributed by atoms with E-state index in [1.54, 1.807) is 12.1 Å². The minimum Gasteiger partial charge on any atom is -0.459 e. The molecule has 0 atom stereocenters. The number of nitrogen functional groups attached to an aromatic ring is 1. The minimum atomic E-state index is -0.292. The van der Waals surface area contributed by atoms with Gasteiger partial charge >= 0.3 is 5.97 Å². The van der Waals surface area contributed by atoms with Crippen LogP contribution in [0.1, 0.15) is 42.5 Å². The molecule has 0 bridgehead atoms. The highest BCUT2D eigenvalue weighted by Gasteiger charge is 2.18. The zero-order valence-electron chi connectivity index (χ0n) is 9.19. The van der Waals surface area contributed by atoms with Crippen molar-refractivity contribution < 1.29 is 9.53 Å². The van der Waals surface area contributed by atoms with Gasteiger partial charge in [-0.1, -0.05) is 6.42 Å². The van der Waals surface area contributed by atoms with Crippen molar-refractivity contribution in [2.75, 3.05) is 5.73 Å². The number of carbonyl (C=O) groups excluding carboxylic acids is 1. The van der Waals surface area contributed by atoms with Crippen molar-refractivity contribution in [2.45, 2.75) is 38.2 Å². The van der Waals surface area contributed by atoms with Gasteiger partial charge in [0.2, 0.25) is 0 Å². The summed E-state index contributed by atoms with van der Waals surface area (Å²) in [5.41, 5.74) is 5.92. The number of aromatic nitrogens is 1. The maximum atomic E-state index is 11.7. The predicted octanol–water partition coefficient (Wildman–Crippen LogP) is 2.15. The number of pyridine rings is 1. The minimum absolute atomic E-state index is 0.0822. The number of nitrogens with two attached hydrogens (primary N) is 1. The van der Waals surface area contributed by atoms with Gasteiger partial charge in [0, 0.05) is 6.20 Å². The number of ether oxygens (including phenoxy) is 1. The lowest BCUT2D eigenvalue weighted by Crippen LogP contribution is -2.21. The number of rotatable bonds is 2. The van der Waals surface area contributed by atoms with Crippen LogP contribution in [0, 0.1) is 0 Å². The molecule has 86 valence electrons. The van der Waals surface area contributed by atoms with E-state index < -0.39 is 0 Å². The zero-order valence-corrected chi connectivity index (χ0v) is 9.19. The van der Waals surface area contributed by atoms with Crippen LogP contribution in [0.15, 0.2) is 18.3 Å². The van der Waals surface area contributed by atoms with Crippen molar-refractivity contribution in [2.24, 2.45) is 0 Å². The van der Waals surface area contributed by atoms with E-state index in [0.29, 0.717) is 11.4 Å². The second-order valence-corrected chi connectivity index (χ2v) is 4.14. The summed E-state index contributed by atoms with van der Waals surface area (Å²) in [7, 11) is 0. The summed E-state index contributed by atoms with van der Waals surface area (Å²) in [6.45, 7) is 0. The molecule has 0 radical (unpaired) electrons. The summed E-state index contributed by atoms with van der Waals surface area (Å²) in [6, 6.07) is 3.25. The molecule has 2 rings (SSSR count). The SMILES string of the molecule is Nc1ccc(C(=O)OC2CCCCC2)cn1. The lowest BCUT2D eigenvalue weighted by atomic mass is 9.98. The first kappa shape index (κ1) is 10.9. The molecule has 4 heteroatoms. The largest absolute Gasteiger partial charge is 0.459 e. The predicted molar refractivity (Wildman–Crippen MR) is 60.9 cm³/mol. The van der Waals surface area contributed by atoms with Gasteiger partial charge in [-0.3, -0.25) is 0 Å². The van der Waals surface area contributed by atoms with Crippen LogP contribution in [0.25, 0.3) is 0 Å². The molecule has 0 saturated heterocycles. The molecule has 0 unspecified atom stereocenters. The van der Waals surface area contributed by atoms with Crippen molar-refractivity contribution >= 4 is 11.8 Å². The van der Waals surface area contributed by atoms with Crippen LogP contribution >= 0.6 is 0 Å². The maximum Gasteiger partial charge on any atom is 0.339 e. The number of esters is 1. The van der Waals surface area contributed by atoms with E-state index in [9.17, 15) is 4.79 Å². The number of carbonyl (C=O) groups is 1. The van der Waals surface area contributed by atoms with Crippen LogP contribution < -0.4 is 5.73 Å². The van der Waals surface area contributed by atoms with E-state index in [4.69, 9.17) is 10.5 Å². The number of hydrogen-bond donors (Lipinski definition) is 1. The van der Waals surface area contributed by atoms with Crippen molar-refractivity contribution in [1.29, 1.82) is 0 Å². The smallest absolute Gasteiger partial charge is 0.339 e. The average molecular weight is 220 g/mol. The molecule has 0 aliphatic heterocycles. The molecule has 1 heterocycles. The monoisotopic (exact) mass is 220 g/mol. The Hall–Kier alpha value is -1.58. The van der Waals surface area contributed by atoms with Gasteiger partial charge in [-0.15, -0.1) is 0 Å². The Kier molecular flexibility index (Phi) is 3.39. The van der Waals surface area contributed by atoms with Gasteiger partial charge in [-0.2, -0.15) is 0 Å². The van der Waals surface area contributed by atoms with E-state index in [0.717, 1.165) is 25.7 Å². The molecular formula is C12H16N2O2. The average Bonchev–Trinajstić information content (AvgIpc) is 2.31. The van der Waals surface area contributed by atoms with Gasteiger partial charge in [0.25, 0.3) is 0 Å². The highest BCUT2D eigenvalue weighted by molar-refractivity contribution is 5.89. The van der Waals surface area contributed by atoms with Crippen molar-refractivity contribution in [3.8, 4) is 0 Å². The van der Waals surface area contributed by atoms with Gasteiger partial charge in [0.05, 0.1) is 5.56 Å². The van der Waals surface area contributed by atoms with Crippen molar-refractivity contribution in [1.82, 2.24) is 4.98 Å². The van der Waals surface area contributed by atoms with E-state index in [1.165, 1.54) is 12.6 Å². The van der Waals surface area contributed by atoms with Crippen LogP contribution in [-0.4, -0.2) is 17.1 Å². The normalized spacial score (nSPS) is 17.0. The third-order valence-electron chi connectivity index (χ3n) is 2.85. The standard InChI is InChI=1S/C12H16N2O2/c13-11-7-6-9(8-14-11)12(15)16-10-4-2-1-3-5-10/h6-8,10H,1-5H2,(H2,13,14). The van der Waals surface area contributed by atoms with Gasteiger partial charge in [0.1, 0.15) is 11.9 Å². The van der Waals surface area contributed by atoms with Crippen LogP contribution in [0.5, 0.6) is 0 Å². The summed E-state index contributed by atoms with van der Waals surface area (Å²) in [4.78, 5) is 15.6. The first-order valence-electron chi connectivity index (χ1n) is 5.68. The third-order valence-corrected chi connectivity index (χ3v) is 2.85. The Balaban J connectivity index is 1.94. The molecule has 0 aromatic carbocycles. The molecule has 1 aliphatic rings. The topological polar surface area (TPSA) is 65.2 Å². The van der Waals surface area contributed by atoms with Crippen LogP contribution in [0.4, 0.5) is 5.82 Å². The maximum absolute atomic E-state index is 11.7. The summed E-state index contributed by atoms with van der Waals surface area (Å²) in [6.07, 6.45) is 7.05. The highest BCUT2D eigenvalue weighted by Crippen LogP contribution is 2.21. The van der Waals surface area contributed by atoms with Crippen molar-refractivity contribution in [3.05, 3.63) is 23.9 Å². The molecule has 0 spiro atoms. The lowest BCUT2D eigenvalue weighted by Gasteiger charge is -2.21. The Bertz CT molecular complexity index is 356. The molecule has 0 amide bonds. The second-order valence-electron chi connectivity index (χ2n) is 4.14. The second kappa shape index (κ2) is 4.96. The van der Waals surface area contributed by atoms with Crippen LogP contribution in [0.3, 0.4) is 0 Å². The van der Waals surface area contributed by atoms with Crippen LogP contribution in [0.2, 0.25) is 0 Å². The van der Waals surface area contributed by atoms with E-state index in [1.807, 2.05) is 0 Å². The van der Waals surface area contributed by atoms with E-state index in [-0.39, 0.29) is 12.1 Å². The lowest BCUT2D eigenvalue weighted by molar-refractivity contribution is 0.0211. The van der Waals surface area contributed by atoms with E-state index in [2.05, 4.69) is 4.98 Å². The summed E-state index contributed by atoms with van der Waals surface area (Å²) < 4.78 is 5.40.